The van der Waals surface area contributed by atoms with Crippen molar-refractivity contribution < 1.29 is 14.4 Å². The van der Waals surface area contributed by atoms with Gasteiger partial charge in [-0.25, -0.2) is 0 Å². The molecule has 0 spiro atoms. The van der Waals surface area contributed by atoms with Crippen molar-refractivity contribution in [1.82, 2.24) is 10.2 Å². The summed E-state index contributed by atoms with van der Waals surface area (Å²) in [5.41, 5.74) is 0. The van der Waals surface area contributed by atoms with Crippen molar-refractivity contribution in [3.63, 3.8) is 0 Å². The zero-order valence-electron chi connectivity index (χ0n) is 6.32. The maximum atomic E-state index is 10.9. The lowest BCUT2D eigenvalue weighted by Gasteiger charge is -2.12. The summed E-state index contributed by atoms with van der Waals surface area (Å²) in [6.45, 7) is 0.520. The highest BCUT2D eigenvalue weighted by molar-refractivity contribution is 6.12. The van der Waals surface area contributed by atoms with Gasteiger partial charge < -0.3 is 5.32 Å². The van der Waals surface area contributed by atoms with Crippen LogP contribution in [0.3, 0.4) is 0 Å². The Bertz CT molecular complexity index is 229. The Kier molecular flexibility index (Phi) is 2.57. The van der Waals surface area contributed by atoms with Crippen molar-refractivity contribution in [2.24, 2.45) is 0 Å². The van der Waals surface area contributed by atoms with E-state index in [-0.39, 0.29) is 18.4 Å². The molecule has 1 aliphatic heterocycles. The Morgan fingerprint density at radius 2 is 1.92 bits per heavy atom. The molecule has 0 radical (unpaired) electrons. The van der Waals surface area contributed by atoms with Crippen LogP contribution in [-0.2, 0) is 14.4 Å². The van der Waals surface area contributed by atoms with E-state index in [1.807, 2.05) is 0 Å². The second-order valence-electron chi connectivity index (χ2n) is 2.23. The summed E-state index contributed by atoms with van der Waals surface area (Å²) in [5.74, 6) is -0.652. The Labute approximate surface area is 69.0 Å². The molecule has 0 aromatic carbocycles. The van der Waals surface area contributed by atoms with Gasteiger partial charge in [-0.15, -0.1) is 0 Å². The smallest absolute Gasteiger partial charge is 0.253 e. The second kappa shape index (κ2) is 3.66. The van der Waals surface area contributed by atoms with Crippen LogP contribution in [-0.4, -0.2) is 36.2 Å². The molecular formula is C7H8N2O3. The molecule has 3 amide bonds. The van der Waals surface area contributed by atoms with Gasteiger partial charge in [0.1, 0.15) is 0 Å². The van der Waals surface area contributed by atoms with E-state index in [4.69, 9.17) is 0 Å². The number of rotatable bonds is 4. The molecule has 0 atom stereocenters. The van der Waals surface area contributed by atoms with Crippen molar-refractivity contribution >= 4 is 18.2 Å². The molecule has 0 aromatic rings. The fourth-order valence-electron chi connectivity index (χ4n) is 0.887. The third kappa shape index (κ3) is 1.69. The van der Waals surface area contributed by atoms with Gasteiger partial charge in [0, 0.05) is 25.2 Å². The molecule has 0 saturated carbocycles. The van der Waals surface area contributed by atoms with E-state index in [1.165, 1.54) is 12.2 Å². The van der Waals surface area contributed by atoms with Gasteiger partial charge in [-0.3, -0.25) is 19.3 Å². The molecule has 0 aliphatic carbocycles. The first-order valence-electron chi connectivity index (χ1n) is 3.46. The molecule has 12 heavy (non-hydrogen) atoms. The monoisotopic (exact) mass is 168 g/mol. The second-order valence-corrected chi connectivity index (χ2v) is 2.23. The van der Waals surface area contributed by atoms with Gasteiger partial charge in [0.05, 0.1) is 0 Å². The summed E-state index contributed by atoms with van der Waals surface area (Å²) < 4.78 is 0. The standard InChI is InChI=1S/C7H8N2O3/c10-5-8-3-4-9-6(11)1-2-7(9)12/h1-2,5H,3-4H2,(H,8,10). The Morgan fingerprint density at radius 3 is 2.42 bits per heavy atom. The minimum absolute atomic E-state index is 0.226. The van der Waals surface area contributed by atoms with E-state index in [1.54, 1.807) is 0 Å². The largest absolute Gasteiger partial charge is 0.357 e. The zero-order valence-corrected chi connectivity index (χ0v) is 6.32. The quantitative estimate of drug-likeness (QED) is 0.321. The number of carbonyl (C=O) groups excluding carboxylic acids is 3. The van der Waals surface area contributed by atoms with E-state index >= 15 is 0 Å². The average molecular weight is 168 g/mol. The molecule has 5 heteroatoms. The SMILES string of the molecule is O=CNCCN1C(=O)C=CC1=O. The minimum Gasteiger partial charge on any atom is -0.357 e. The van der Waals surface area contributed by atoms with Crippen molar-refractivity contribution in [2.45, 2.75) is 0 Å². The predicted octanol–water partition coefficient (Wildman–Crippen LogP) is -1.34. The normalized spacial score (nSPS) is 15.5. The molecule has 64 valence electrons. The van der Waals surface area contributed by atoms with E-state index in [0.717, 1.165) is 4.90 Å². The van der Waals surface area contributed by atoms with Crippen LogP contribution in [0.2, 0.25) is 0 Å². The molecule has 1 N–H and O–H groups in total. The fraction of sp³-hybridized carbons (Fsp3) is 0.286. The Balaban J connectivity index is 2.37. The summed E-state index contributed by atoms with van der Waals surface area (Å²) in [6.07, 6.45) is 2.95. The van der Waals surface area contributed by atoms with Crippen LogP contribution in [0, 0.1) is 0 Å². The van der Waals surface area contributed by atoms with Gasteiger partial charge in [-0.05, 0) is 0 Å². The molecule has 0 fully saturated rings. The van der Waals surface area contributed by atoms with Crippen LogP contribution < -0.4 is 5.32 Å². The number of amides is 3. The fourth-order valence-corrected chi connectivity index (χ4v) is 0.887. The first-order valence-corrected chi connectivity index (χ1v) is 3.46. The summed E-state index contributed by atoms with van der Waals surface area (Å²) >= 11 is 0. The summed E-state index contributed by atoms with van der Waals surface area (Å²) in [7, 11) is 0. The third-order valence-electron chi connectivity index (χ3n) is 1.46. The van der Waals surface area contributed by atoms with Gasteiger partial charge >= 0.3 is 0 Å². The summed E-state index contributed by atoms with van der Waals surface area (Å²) in [6, 6.07) is 0. The van der Waals surface area contributed by atoms with Crippen molar-refractivity contribution in [3.8, 4) is 0 Å². The highest BCUT2D eigenvalue weighted by Crippen LogP contribution is 2.01. The molecule has 0 saturated heterocycles. The topological polar surface area (TPSA) is 66.5 Å². The molecule has 1 heterocycles. The lowest BCUT2D eigenvalue weighted by molar-refractivity contribution is -0.136. The Hall–Kier alpha value is -1.65. The molecule has 0 aromatic heterocycles. The molecule has 1 aliphatic rings. The van der Waals surface area contributed by atoms with Crippen molar-refractivity contribution in [1.29, 1.82) is 0 Å². The highest BCUT2D eigenvalue weighted by atomic mass is 16.2. The summed E-state index contributed by atoms with van der Waals surface area (Å²) in [4.78, 5) is 32.7. The lowest BCUT2D eigenvalue weighted by Crippen LogP contribution is -2.36. The van der Waals surface area contributed by atoms with Gasteiger partial charge in [0.15, 0.2) is 0 Å². The Morgan fingerprint density at radius 1 is 1.33 bits per heavy atom. The van der Waals surface area contributed by atoms with Crippen LogP contribution in [0.25, 0.3) is 0 Å². The number of nitrogens with zero attached hydrogens (tertiary/aromatic N) is 1. The minimum atomic E-state index is -0.326. The molecule has 1 rings (SSSR count). The van der Waals surface area contributed by atoms with Crippen molar-refractivity contribution in [2.75, 3.05) is 13.1 Å². The highest BCUT2D eigenvalue weighted by Gasteiger charge is 2.21. The first kappa shape index (κ1) is 8.45. The van der Waals surface area contributed by atoms with Crippen LogP contribution in [0.5, 0.6) is 0 Å². The summed E-state index contributed by atoms with van der Waals surface area (Å²) in [5, 5.41) is 2.36. The first-order chi connectivity index (χ1) is 5.75. The average Bonchev–Trinajstić information content (AvgIpc) is 2.35. The maximum absolute atomic E-state index is 10.9. The third-order valence-corrected chi connectivity index (χ3v) is 1.46. The lowest BCUT2D eigenvalue weighted by atomic mass is 10.5. The van der Waals surface area contributed by atoms with E-state index < -0.39 is 0 Å². The van der Waals surface area contributed by atoms with E-state index in [2.05, 4.69) is 5.32 Å². The number of nitrogens with one attached hydrogen (secondary N) is 1. The number of hydrogen-bond acceptors (Lipinski definition) is 3. The van der Waals surface area contributed by atoms with Crippen molar-refractivity contribution in [3.05, 3.63) is 12.2 Å². The molecular weight excluding hydrogens is 160 g/mol. The molecule has 5 nitrogen and oxygen atoms in total. The van der Waals surface area contributed by atoms with Crippen LogP contribution in [0.1, 0.15) is 0 Å². The maximum Gasteiger partial charge on any atom is 0.253 e. The van der Waals surface area contributed by atoms with Crippen LogP contribution in [0.4, 0.5) is 0 Å². The molecule has 0 unspecified atom stereocenters. The van der Waals surface area contributed by atoms with Crippen LogP contribution >= 0.6 is 0 Å². The van der Waals surface area contributed by atoms with Gasteiger partial charge in [-0.2, -0.15) is 0 Å². The van der Waals surface area contributed by atoms with Gasteiger partial charge in [0.2, 0.25) is 6.41 Å². The number of carbonyl (C=O) groups is 3. The van der Waals surface area contributed by atoms with Crippen LogP contribution in [0.15, 0.2) is 12.2 Å². The molecule has 0 bridgehead atoms. The van der Waals surface area contributed by atoms with Gasteiger partial charge in [-0.1, -0.05) is 0 Å². The van der Waals surface area contributed by atoms with E-state index in [0.29, 0.717) is 13.0 Å². The predicted molar refractivity (Wildman–Crippen MR) is 39.9 cm³/mol. The number of imide groups is 1. The van der Waals surface area contributed by atoms with Gasteiger partial charge in [0.25, 0.3) is 11.8 Å². The van der Waals surface area contributed by atoms with E-state index in [9.17, 15) is 14.4 Å². The number of hydrogen-bond donors (Lipinski definition) is 1. The zero-order chi connectivity index (χ0) is 8.97.